The Bertz CT molecular complexity index is 1120. The molecule has 0 bridgehead atoms. The van der Waals surface area contributed by atoms with Crippen molar-refractivity contribution < 1.29 is 14.6 Å². The van der Waals surface area contributed by atoms with Crippen LogP contribution in [0.5, 0.6) is 0 Å². The van der Waals surface area contributed by atoms with E-state index >= 15 is 0 Å². The molecule has 3 aromatic heterocycles. The van der Waals surface area contributed by atoms with Gasteiger partial charge < -0.3 is 15.2 Å². The van der Waals surface area contributed by atoms with Gasteiger partial charge in [-0.1, -0.05) is 11.6 Å². The number of aromatic nitrogens is 5. The fraction of sp³-hybridized carbons (Fsp3) is 0.389. The van der Waals surface area contributed by atoms with Crippen molar-refractivity contribution in [3.8, 4) is 11.3 Å². The van der Waals surface area contributed by atoms with E-state index in [0.29, 0.717) is 35.4 Å². The summed E-state index contributed by atoms with van der Waals surface area (Å²) in [6.07, 6.45) is 6.06. The highest BCUT2D eigenvalue weighted by molar-refractivity contribution is 6.32. The molecule has 1 fully saturated rings. The lowest BCUT2D eigenvalue weighted by Crippen LogP contribution is -2.29. The van der Waals surface area contributed by atoms with Gasteiger partial charge in [0.2, 0.25) is 5.95 Å². The Labute approximate surface area is 170 Å². The minimum Gasteiger partial charge on any atom is -0.480 e. The Morgan fingerprint density at radius 2 is 2.17 bits per heavy atom. The average molecular weight is 419 g/mol. The lowest BCUT2D eigenvalue weighted by molar-refractivity contribution is -0.140. The molecule has 0 saturated carbocycles. The van der Waals surface area contributed by atoms with Crippen LogP contribution < -0.4 is 10.9 Å². The fourth-order valence-electron chi connectivity index (χ4n) is 3.19. The molecule has 1 aliphatic rings. The minimum absolute atomic E-state index is 0.220. The summed E-state index contributed by atoms with van der Waals surface area (Å²) in [5.41, 5.74) is 0.799. The van der Waals surface area contributed by atoms with E-state index in [9.17, 15) is 14.7 Å². The molecule has 3 aromatic rings. The second-order valence-electron chi connectivity index (χ2n) is 6.84. The van der Waals surface area contributed by atoms with E-state index in [2.05, 4.69) is 20.4 Å². The number of nitrogens with one attached hydrogen (secondary N) is 1. The first-order valence-corrected chi connectivity index (χ1v) is 9.51. The molecule has 4 rings (SSSR count). The quantitative estimate of drug-likeness (QED) is 0.643. The predicted molar refractivity (Wildman–Crippen MR) is 105 cm³/mol. The first kappa shape index (κ1) is 19.3. The van der Waals surface area contributed by atoms with E-state index in [0.717, 1.165) is 17.4 Å². The molecule has 0 unspecified atom stereocenters. The van der Waals surface area contributed by atoms with Crippen molar-refractivity contribution >= 4 is 29.0 Å². The Morgan fingerprint density at radius 3 is 2.90 bits per heavy atom. The third-order valence-corrected chi connectivity index (χ3v) is 5.18. The Balaban J connectivity index is 1.70. The van der Waals surface area contributed by atoms with Crippen molar-refractivity contribution in [2.24, 2.45) is 0 Å². The lowest BCUT2D eigenvalue weighted by Gasteiger charge is -2.23. The van der Waals surface area contributed by atoms with Gasteiger partial charge >= 0.3 is 5.97 Å². The van der Waals surface area contributed by atoms with E-state index in [1.54, 1.807) is 12.3 Å². The smallest absolute Gasteiger partial charge is 0.326 e. The summed E-state index contributed by atoms with van der Waals surface area (Å²) in [5, 5.41) is 16.9. The zero-order valence-corrected chi connectivity index (χ0v) is 16.3. The third kappa shape index (κ3) is 3.81. The van der Waals surface area contributed by atoms with Crippen LogP contribution in [0.15, 0.2) is 29.6 Å². The van der Waals surface area contributed by atoms with Gasteiger partial charge in [-0.2, -0.15) is 5.10 Å². The highest BCUT2D eigenvalue weighted by Crippen LogP contribution is 2.28. The summed E-state index contributed by atoms with van der Waals surface area (Å²) in [5.74, 6) is -0.677. The lowest BCUT2D eigenvalue weighted by atomic mass is 10.1. The Morgan fingerprint density at radius 1 is 1.41 bits per heavy atom. The number of aliphatic carboxylic acids is 1. The van der Waals surface area contributed by atoms with Crippen LogP contribution >= 0.6 is 11.6 Å². The van der Waals surface area contributed by atoms with Crippen LogP contribution in [0.4, 0.5) is 5.95 Å². The number of hydrogen-bond acceptors (Lipinski definition) is 7. The van der Waals surface area contributed by atoms with Gasteiger partial charge in [0, 0.05) is 31.0 Å². The van der Waals surface area contributed by atoms with Gasteiger partial charge in [-0.15, -0.1) is 0 Å². The summed E-state index contributed by atoms with van der Waals surface area (Å²) in [7, 11) is 0. The number of nitrogens with zero attached hydrogens (tertiary/aromatic N) is 5. The molecular weight excluding hydrogens is 400 g/mol. The molecule has 0 radical (unpaired) electrons. The average Bonchev–Trinajstić information content (AvgIpc) is 3.15. The number of carboxylic acids is 1. The number of ether oxygens (including phenoxy) is 1. The van der Waals surface area contributed by atoms with Crippen molar-refractivity contribution in [3.63, 3.8) is 0 Å². The molecule has 11 heteroatoms. The number of carboxylic acid groups (broad SMARTS) is 1. The highest BCUT2D eigenvalue weighted by atomic mass is 35.5. The maximum Gasteiger partial charge on any atom is 0.326 e. The van der Waals surface area contributed by atoms with E-state index in [1.807, 2.05) is 0 Å². The normalized spacial score (nSPS) is 16.1. The summed E-state index contributed by atoms with van der Waals surface area (Å²) < 4.78 is 7.81. The molecule has 4 heterocycles. The molecule has 0 spiro atoms. The van der Waals surface area contributed by atoms with E-state index < -0.39 is 17.6 Å². The molecule has 1 aliphatic heterocycles. The largest absolute Gasteiger partial charge is 0.480 e. The molecule has 152 valence electrons. The Hall–Kier alpha value is -2.98. The topological polar surface area (TPSA) is 124 Å². The van der Waals surface area contributed by atoms with Gasteiger partial charge in [-0.3, -0.25) is 9.36 Å². The van der Waals surface area contributed by atoms with Crippen molar-refractivity contribution in [2.45, 2.75) is 31.8 Å². The highest BCUT2D eigenvalue weighted by Gasteiger charge is 2.19. The SMILES string of the molecule is C[C@H](C(=O)O)n1cnn2cc(-c3nc(NC4CCOCC4)ncc3Cl)cc2c1=O. The molecule has 2 N–H and O–H groups in total. The molecule has 1 saturated heterocycles. The van der Waals surface area contributed by atoms with Gasteiger partial charge in [0.25, 0.3) is 5.56 Å². The number of halogens is 1. The predicted octanol–water partition coefficient (Wildman–Crippen LogP) is 1.84. The molecule has 29 heavy (non-hydrogen) atoms. The monoisotopic (exact) mass is 418 g/mol. The number of carbonyl (C=O) groups is 1. The van der Waals surface area contributed by atoms with Crippen LogP contribution in [-0.2, 0) is 9.53 Å². The van der Waals surface area contributed by atoms with E-state index in [-0.39, 0.29) is 11.6 Å². The molecular formula is C18H19ClN6O4. The summed E-state index contributed by atoms with van der Waals surface area (Å²) in [6.45, 7) is 2.80. The van der Waals surface area contributed by atoms with Gasteiger partial charge in [0.05, 0.1) is 16.9 Å². The van der Waals surface area contributed by atoms with Crippen LogP contribution in [0.1, 0.15) is 25.8 Å². The molecule has 10 nitrogen and oxygen atoms in total. The first-order valence-electron chi connectivity index (χ1n) is 9.13. The van der Waals surface area contributed by atoms with Crippen molar-refractivity contribution in [1.29, 1.82) is 0 Å². The minimum atomic E-state index is -1.12. The van der Waals surface area contributed by atoms with Crippen molar-refractivity contribution in [2.75, 3.05) is 18.5 Å². The maximum atomic E-state index is 12.7. The summed E-state index contributed by atoms with van der Waals surface area (Å²) in [4.78, 5) is 32.6. The summed E-state index contributed by atoms with van der Waals surface area (Å²) in [6, 6.07) is 0.779. The van der Waals surface area contributed by atoms with Gasteiger partial charge in [0.15, 0.2) is 0 Å². The molecule has 0 amide bonds. The zero-order chi connectivity index (χ0) is 20.5. The van der Waals surface area contributed by atoms with E-state index in [4.69, 9.17) is 16.3 Å². The zero-order valence-electron chi connectivity index (χ0n) is 15.6. The van der Waals surface area contributed by atoms with Crippen LogP contribution in [0.3, 0.4) is 0 Å². The van der Waals surface area contributed by atoms with Crippen molar-refractivity contribution in [3.05, 3.63) is 40.2 Å². The van der Waals surface area contributed by atoms with Gasteiger partial charge in [0.1, 0.15) is 17.9 Å². The van der Waals surface area contributed by atoms with E-state index in [1.165, 1.54) is 24.0 Å². The summed E-state index contributed by atoms with van der Waals surface area (Å²) >= 11 is 6.30. The number of fused-ring (bicyclic) bond motifs is 1. The molecule has 0 aromatic carbocycles. The number of rotatable bonds is 5. The van der Waals surface area contributed by atoms with Gasteiger partial charge in [-0.25, -0.2) is 19.3 Å². The maximum absolute atomic E-state index is 12.7. The van der Waals surface area contributed by atoms with Crippen molar-refractivity contribution in [1.82, 2.24) is 24.1 Å². The van der Waals surface area contributed by atoms with Crippen LogP contribution in [0, 0.1) is 0 Å². The molecule has 1 atom stereocenters. The van der Waals surface area contributed by atoms with Crippen LogP contribution in [0.2, 0.25) is 5.02 Å². The Kier molecular flexibility index (Phi) is 5.20. The fourth-order valence-corrected chi connectivity index (χ4v) is 3.39. The third-order valence-electron chi connectivity index (χ3n) is 4.90. The van der Waals surface area contributed by atoms with Gasteiger partial charge in [-0.05, 0) is 25.8 Å². The molecule has 0 aliphatic carbocycles. The first-order chi connectivity index (χ1) is 13.9. The second kappa shape index (κ2) is 7.80. The van der Waals surface area contributed by atoms with Crippen LogP contribution in [-0.4, -0.2) is 54.5 Å². The number of hydrogen-bond donors (Lipinski definition) is 2. The van der Waals surface area contributed by atoms with Crippen LogP contribution in [0.25, 0.3) is 16.8 Å². The second-order valence-corrected chi connectivity index (χ2v) is 7.24. The standard InChI is InChI=1S/C18H19ClN6O4/c1-10(17(27)28)24-9-21-25-8-11(6-14(25)16(24)26)15-13(19)7-20-18(23-15)22-12-2-4-29-5-3-12/h6-10,12H,2-5H2,1H3,(H,27,28)(H,20,22,23)/t10-/m1/s1. The number of anilines is 1.